The van der Waals surface area contributed by atoms with Crippen LogP contribution in [0.3, 0.4) is 0 Å². The summed E-state index contributed by atoms with van der Waals surface area (Å²) >= 11 is 0. The van der Waals surface area contributed by atoms with Crippen LogP contribution in [0, 0.1) is 0 Å². The van der Waals surface area contributed by atoms with Gasteiger partial charge in [0.15, 0.2) is 0 Å². The van der Waals surface area contributed by atoms with E-state index < -0.39 is 22.0 Å². The van der Waals surface area contributed by atoms with E-state index in [0.717, 1.165) is 6.42 Å². The first-order valence-electron chi connectivity index (χ1n) is 7.42. The van der Waals surface area contributed by atoms with E-state index in [-0.39, 0.29) is 11.7 Å². The lowest BCUT2D eigenvalue weighted by atomic mass is 10.2. The predicted molar refractivity (Wildman–Crippen MR) is 90.7 cm³/mol. The van der Waals surface area contributed by atoms with E-state index >= 15 is 0 Å². The molecule has 1 rings (SSSR count). The second-order valence-electron chi connectivity index (χ2n) is 5.26. The van der Waals surface area contributed by atoms with Crippen LogP contribution in [-0.2, 0) is 19.6 Å². The highest BCUT2D eigenvalue weighted by Gasteiger charge is 2.19. The first kappa shape index (κ1) is 19.1. The first-order chi connectivity index (χ1) is 10.7. The molecule has 1 atom stereocenters. The molecule has 8 heteroatoms. The quantitative estimate of drug-likeness (QED) is 0.669. The van der Waals surface area contributed by atoms with Crippen LogP contribution < -0.4 is 15.4 Å². The number of rotatable bonds is 8. The number of amides is 2. The molecule has 0 bridgehead atoms. The minimum atomic E-state index is -3.46. The topological polar surface area (TPSA) is 104 Å². The van der Waals surface area contributed by atoms with Crippen LogP contribution in [0.25, 0.3) is 0 Å². The van der Waals surface area contributed by atoms with Crippen LogP contribution in [0.2, 0.25) is 0 Å². The van der Waals surface area contributed by atoms with Gasteiger partial charge in [0.25, 0.3) is 0 Å². The van der Waals surface area contributed by atoms with Crippen molar-refractivity contribution in [1.29, 1.82) is 0 Å². The van der Waals surface area contributed by atoms with Crippen LogP contribution >= 0.6 is 0 Å². The van der Waals surface area contributed by atoms with Gasteiger partial charge >= 0.3 is 0 Å². The molecule has 0 spiro atoms. The lowest BCUT2D eigenvalue weighted by Crippen LogP contribution is -2.42. The number of nitrogens with one attached hydrogen (secondary N) is 3. The van der Waals surface area contributed by atoms with Crippen LogP contribution in [-0.4, -0.2) is 32.0 Å². The number of anilines is 2. The van der Waals surface area contributed by atoms with Gasteiger partial charge in [-0.05, 0) is 37.6 Å². The molecule has 0 aliphatic rings. The van der Waals surface area contributed by atoms with Gasteiger partial charge in [-0.15, -0.1) is 0 Å². The maximum absolute atomic E-state index is 12.0. The molecule has 2 amide bonds. The summed E-state index contributed by atoms with van der Waals surface area (Å²) in [6.45, 7) is 4.79. The van der Waals surface area contributed by atoms with Crippen molar-refractivity contribution in [2.45, 2.75) is 39.7 Å². The van der Waals surface area contributed by atoms with Gasteiger partial charge in [-0.3, -0.25) is 9.59 Å². The Labute approximate surface area is 136 Å². The fraction of sp³-hybridized carbons (Fsp3) is 0.467. The van der Waals surface area contributed by atoms with Crippen molar-refractivity contribution in [2.75, 3.05) is 16.4 Å². The Morgan fingerprint density at radius 2 is 1.61 bits per heavy atom. The SMILES string of the molecule is CCCCS(=O)(=O)N[C@H](C)C(=O)Nc1ccc(NC(C)=O)cc1. The largest absolute Gasteiger partial charge is 0.326 e. The second kappa shape index (κ2) is 8.64. The molecular weight excluding hydrogens is 318 g/mol. The molecular formula is C15H23N3O4S. The van der Waals surface area contributed by atoms with E-state index in [1.54, 1.807) is 24.3 Å². The van der Waals surface area contributed by atoms with Gasteiger partial charge in [-0.1, -0.05) is 13.3 Å². The zero-order valence-corrected chi connectivity index (χ0v) is 14.4. The third kappa shape index (κ3) is 7.25. The van der Waals surface area contributed by atoms with Crippen molar-refractivity contribution in [1.82, 2.24) is 4.72 Å². The summed E-state index contributed by atoms with van der Waals surface area (Å²) in [5.41, 5.74) is 1.13. The number of hydrogen-bond acceptors (Lipinski definition) is 4. The molecule has 3 N–H and O–H groups in total. The minimum absolute atomic E-state index is 0.00648. The van der Waals surface area contributed by atoms with E-state index in [2.05, 4.69) is 15.4 Å². The van der Waals surface area contributed by atoms with Crippen molar-refractivity contribution in [3.63, 3.8) is 0 Å². The lowest BCUT2D eigenvalue weighted by Gasteiger charge is -2.14. The molecule has 0 unspecified atom stereocenters. The van der Waals surface area contributed by atoms with E-state index in [0.29, 0.717) is 17.8 Å². The van der Waals surface area contributed by atoms with E-state index in [9.17, 15) is 18.0 Å². The number of unbranched alkanes of at least 4 members (excludes halogenated alkanes) is 1. The van der Waals surface area contributed by atoms with Gasteiger partial charge in [0.1, 0.15) is 0 Å². The highest BCUT2D eigenvalue weighted by molar-refractivity contribution is 7.89. The smallest absolute Gasteiger partial charge is 0.242 e. The van der Waals surface area contributed by atoms with Gasteiger partial charge in [0.2, 0.25) is 21.8 Å². The predicted octanol–water partition coefficient (Wildman–Crippen LogP) is 1.69. The monoisotopic (exact) mass is 341 g/mol. The van der Waals surface area contributed by atoms with Crippen molar-refractivity contribution >= 4 is 33.2 Å². The Kier molecular flexibility index (Phi) is 7.18. The van der Waals surface area contributed by atoms with Gasteiger partial charge in [-0.25, -0.2) is 13.1 Å². The first-order valence-corrected chi connectivity index (χ1v) is 9.07. The molecule has 0 fully saturated rings. The number of sulfonamides is 1. The molecule has 128 valence electrons. The second-order valence-corrected chi connectivity index (χ2v) is 7.13. The maximum atomic E-state index is 12.0. The third-order valence-corrected chi connectivity index (χ3v) is 4.53. The Balaban J connectivity index is 2.59. The normalized spacial score (nSPS) is 12.5. The highest BCUT2D eigenvalue weighted by Crippen LogP contribution is 2.13. The highest BCUT2D eigenvalue weighted by atomic mass is 32.2. The molecule has 0 heterocycles. The molecule has 0 saturated heterocycles. The summed E-state index contributed by atoms with van der Waals surface area (Å²) in [6.07, 6.45) is 1.32. The average Bonchev–Trinajstić information content (AvgIpc) is 2.46. The lowest BCUT2D eigenvalue weighted by molar-refractivity contribution is -0.117. The molecule has 0 aliphatic heterocycles. The van der Waals surface area contributed by atoms with Crippen molar-refractivity contribution < 1.29 is 18.0 Å². The number of hydrogen-bond donors (Lipinski definition) is 3. The molecule has 1 aromatic carbocycles. The van der Waals surface area contributed by atoms with Gasteiger partial charge in [0.05, 0.1) is 11.8 Å². The Bertz CT molecular complexity index is 641. The van der Waals surface area contributed by atoms with Crippen molar-refractivity contribution in [2.24, 2.45) is 0 Å². The van der Waals surface area contributed by atoms with Crippen LogP contribution in [0.15, 0.2) is 24.3 Å². The average molecular weight is 341 g/mol. The third-order valence-electron chi connectivity index (χ3n) is 2.99. The van der Waals surface area contributed by atoms with E-state index in [4.69, 9.17) is 0 Å². The minimum Gasteiger partial charge on any atom is -0.326 e. The molecule has 0 radical (unpaired) electrons. The summed E-state index contributed by atoms with van der Waals surface area (Å²) in [6, 6.07) is 5.68. The molecule has 0 saturated carbocycles. The Morgan fingerprint density at radius 3 is 2.09 bits per heavy atom. The summed E-state index contributed by atoms with van der Waals surface area (Å²) < 4.78 is 25.9. The summed E-state index contributed by atoms with van der Waals surface area (Å²) in [7, 11) is -3.46. The van der Waals surface area contributed by atoms with Crippen LogP contribution in [0.1, 0.15) is 33.6 Å². The molecule has 7 nitrogen and oxygen atoms in total. The molecule has 0 aromatic heterocycles. The Morgan fingerprint density at radius 1 is 1.09 bits per heavy atom. The van der Waals surface area contributed by atoms with Crippen LogP contribution in [0.5, 0.6) is 0 Å². The molecule has 23 heavy (non-hydrogen) atoms. The van der Waals surface area contributed by atoms with Crippen molar-refractivity contribution in [3.05, 3.63) is 24.3 Å². The van der Waals surface area contributed by atoms with E-state index in [1.807, 2.05) is 6.92 Å². The maximum Gasteiger partial charge on any atom is 0.242 e. The van der Waals surface area contributed by atoms with Gasteiger partial charge in [0, 0.05) is 18.3 Å². The molecule has 1 aromatic rings. The number of carbonyl (C=O) groups excluding carboxylic acids is 2. The fourth-order valence-electron chi connectivity index (χ4n) is 1.81. The van der Waals surface area contributed by atoms with Gasteiger partial charge < -0.3 is 10.6 Å². The zero-order chi connectivity index (χ0) is 17.5. The van der Waals surface area contributed by atoms with Crippen LogP contribution in [0.4, 0.5) is 11.4 Å². The summed E-state index contributed by atoms with van der Waals surface area (Å²) in [5.74, 6) is -0.624. The van der Waals surface area contributed by atoms with E-state index in [1.165, 1.54) is 13.8 Å². The molecule has 0 aliphatic carbocycles. The number of carbonyl (C=O) groups is 2. The van der Waals surface area contributed by atoms with Gasteiger partial charge in [-0.2, -0.15) is 0 Å². The standard InChI is InChI=1S/C15H23N3O4S/c1-4-5-10-23(21,22)18-11(2)15(20)17-14-8-6-13(7-9-14)16-12(3)19/h6-9,11,18H,4-5,10H2,1-3H3,(H,16,19)(H,17,20)/t11-/m1/s1. The van der Waals surface area contributed by atoms with Crippen molar-refractivity contribution in [3.8, 4) is 0 Å². The zero-order valence-electron chi connectivity index (χ0n) is 13.5. The number of benzene rings is 1. The fourth-order valence-corrected chi connectivity index (χ4v) is 3.24. The summed E-state index contributed by atoms with van der Waals surface area (Å²) in [4.78, 5) is 22.9. The summed E-state index contributed by atoms with van der Waals surface area (Å²) in [5, 5.41) is 5.24. The Hall–Kier alpha value is -1.93.